The minimum Gasteiger partial charge on any atom is -0.373 e. The number of hydrogen-bond donors (Lipinski definition) is 1. The number of hydrogen-bond acceptors (Lipinski definition) is 3. The van der Waals surface area contributed by atoms with E-state index in [1.807, 2.05) is 11.3 Å². The third-order valence-corrected chi connectivity index (χ3v) is 6.09. The van der Waals surface area contributed by atoms with Gasteiger partial charge in [-0.3, -0.25) is 0 Å². The number of thiophene rings is 1. The largest absolute Gasteiger partial charge is 0.373 e. The first-order chi connectivity index (χ1) is 10.2. The van der Waals surface area contributed by atoms with Crippen molar-refractivity contribution >= 4 is 11.3 Å². The summed E-state index contributed by atoms with van der Waals surface area (Å²) in [7, 11) is 0. The van der Waals surface area contributed by atoms with Crippen molar-refractivity contribution in [2.24, 2.45) is 5.92 Å². The Morgan fingerprint density at radius 1 is 1.29 bits per heavy atom. The van der Waals surface area contributed by atoms with Crippen LogP contribution in [-0.4, -0.2) is 12.1 Å². The van der Waals surface area contributed by atoms with Gasteiger partial charge in [-0.1, -0.05) is 26.2 Å². The van der Waals surface area contributed by atoms with E-state index < -0.39 is 0 Å². The molecule has 2 atom stereocenters. The minimum atomic E-state index is 0.496. The maximum Gasteiger partial charge on any atom is 0.0731 e. The smallest absolute Gasteiger partial charge is 0.0731 e. The van der Waals surface area contributed by atoms with E-state index in [0.717, 1.165) is 25.1 Å². The maximum absolute atomic E-state index is 6.22. The Hall–Kier alpha value is -0.380. The van der Waals surface area contributed by atoms with Crippen LogP contribution in [0.15, 0.2) is 6.07 Å². The van der Waals surface area contributed by atoms with Crippen molar-refractivity contribution in [2.45, 2.75) is 84.1 Å². The predicted molar refractivity (Wildman–Crippen MR) is 89.7 cm³/mol. The van der Waals surface area contributed by atoms with E-state index in [1.54, 1.807) is 0 Å². The molecule has 0 amide bonds. The quantitative estimate of drug-likeness (QED) is 0.781. The minimum absolute atomic E-state index is 0.496. The molecule has 1 heterocycles. The molecule has 0 bridgehead atoms. The van der Waals surface area contributed by atoms with Crippen LogP contribution in [0.2, 0.25) is 0 Å². The number of nitrogens with one attached hydrogen (secondary N) is 1. The lowest BCUT2D eigenvalue weighted by Gasteiger charge is -2.28. The standard InChI is InChI=1S/C18H29NOS/c1-3-14-5-4-6-17(9-14)20-12-15-10-18(21-13(15)2)11-19-16-7-8-16/h10,14,16-17,19H,3-9,11-12H2,1-2H3. The Balaban J connectivity index is 1.47. The second-order valence-electron chi connectivity index (χ2n) is 6.82. The zero-order valence-electron chi connectivity index (χ0n) is 13.5. The zero-order chi connectivity index (χ0) is 14.7. The van der Waals surface area contributed by atoms with Gasteiger partial charge < -0.3 is 10.1 Å². The van der Waals surface area contributed by atoms with Gasteiger partial charge in [-0.25, -0.2) is 0 Å². The highest BCUT2D eigenvalue weighted by Gasteiger charge is 2.22. The molecule has 21 heavy (non-hydrogen) atoms. The Kier molecular flexibility index (Phi) is 5.36. The normalized spacial score (nSPS) is 26.2. The monoisotopic (exact) mass is 307 g/mol. The topological polar surface area (TPSA) is 21.3 Å². The summed E-state index contributed by atoms with van der Waals surface area (Å²) in [4.78, 5) is 2.90. The first-order valence-corrected chi connectivity index (χ1v) is 9.49. The van der Waals surface area contributed by atoms with E-state index in [1.165, 1.54) is 60.3 Å². The van der Waals surface area contributed by atoms with E-state index in [-0.39, 0.29) is 0 Å². The second-order valence-corrected chi connectivity index (χ2v) is 8.16. The van der Waals surface area contributed by atoms with Crippen LogP contribution in [-0.2, 0) is 17.9 Å². The van der Waals surface area contributed by atoms with Gasteiger partial charge in [0.15, 0.2) is 0 Å². The lowest BCUT2D eigenvalue weighted by Crippen LogP contribution is -2.22. The Bertz CT molecular complexity index is 452. The summed E-state index contributed by atoms with van der Waals surface area (Å²) in [6, 6.07) is 3.15. The van der Waals surface area contributed by atoms with Gasteiger partial charge in [0.25, 0.3) is 0 Å². The van der Waals surface area contributed by atoms with Crippen LogP contribution in [0.1, 0.15) is 67.2 Å². The molecule has 0 aromatic carbocycles. The molecule has 3 heteroatoms. The highest BCUT2D eigenvalue weighted by atomic mass is 32.1. The molecule has 0 spiro atoms. The summed E-state index contributed by atoms with van der Waals surface area (Å²) in [6.45, 7) is 6.40. The van der Waals surface area contributed by atoms with Crippen LogP contribution in [0.3, 0.4) is 0 Å². The van der Waals surface area contributed by atoms with E-state index in [9.17, 15) is 0 Å². The fourth-order valence-electron chi connectivity index (χ4n) is 3.32. The molecule has 1 N–H and O–H groups in total. The van der Waals surface area contributed by atoms with E-state index in [4.69, 9.17) is 4.74 Å². The van der Waals surface area contributed by atoms with Crippen molar-refractivity contribution in [3.8, 4) is 0 Å². The maximum atomic E-state index is 6.22. The van der Waals surface area contributed by atoms with Crippen molar-refractivity contribution in [1.82, 2.24) is 5.32 Å². The van der Waals surface area contributed by atoms with Crippen molar-refractivity contribution in [3.05, 3.63) is 21.4 Å². The Labute approximate surface area is 133 Å². The summed E-state index contributed by atoms with van der Waals surface area (Å²) in [6.07, 6.45) is 9.82. The lowest BCUT2D eigenvalue weighted by atomic mass is 9.85. The third kappa shape index (κ3) is 4.54. The van der Waals surface area contributed by atoms with Crippen LogP contribution in [0.4, 0.5) is 0 Å². The molecule has 1 aromatic rings. The van der Waals surface area contributed by atoms with Gasteiger partial charge in [-0.2, -0.15) is 0 Å². The summed E-state index contributed by atoms with van der Waals surface area (Å²) in [5.74, 6) is 0.894. The fourth-order valence-corrected chi connectivity index (χ4v) is 4.32. The van der Waals surface area contributed by atoms with E-state index in [0.29, 0.717) is 6.10 Å². The van der Waals surface area contributed by atoms with Crippen LogP contribution in [0.5, 0.6) is 0 Å². The highest BCUT2D eigenvalue weighted by Crippen LogP contribution is 2.30. The van der Waals surface area contributed by atoms with Gasteiger partial charge in [-0.05, 0) is 50.2 Å². The van der Waals surface area contributed by atoms with Gasteiger partial charge in [0.05, 0.1) is 12.7 Å². The average Bonchev–Trinajstić information content (AvgIpc) is 3.27. The number of ether oxygens (including phenoxy) is 1. The van der Waals surface area contributed by atoms with Gasteiger partial charge in [-0.15, -0.1) is 11.3 Å². The average molecular weight is 308 g/mol. The third-order valence-electron chi connectivity index (χ3n) is 5.00. The molecule has 2 nitrogen and oxygen atoms in total. The molecule has 2 unspecified atom stereocenters. The molecule has 2 saturated carbocycles. The number of aryl methyl sites for hydroxylation is 1. The first kappa shape index (κ1) is 15.5. The molecule has 118 valence electrons. The van der Waals surface area contributed by atoms with Crippen LogP contribution in [0.25, 0.3) is 0 Å². The Morgan fingerprint density at radius 3 is 2.90 bits per heavy atom. The van der Waals surface area contributed by atoms with Gasteiger partial charge in [0.1, 0.15) is 0 Å². The van der Waals surface area contributed by atoms with Gasteiger partial charge in [0, 0.05) is 22.3 Å². The highest BCUT2D eigenvalue weighted by molar-refractivity contribution is 7.12. The van der Waals surface area contributed by atoms with E-state index in [2.05, 4.69) is 25.2 Å². The lowest BCUT2D eigenvalue weighted by molar-refractivity contribution is 0.00172. The van der Waals surface area contributed by atoms with Crippen LogP contribution >= 0.6 is 11.3 Å². The van der Waals surface area contributed by atoms with Crippen molar-refractivity contribution in [1.29, 1.82) is 0 Å². The second kappa shape index (κ2) is 7.26. The predicted octanol–water partition coefficient (Wildman–Crippen LogP) is 4.79. The van der Waals surface area contributed by atoms with Gasteiger partial charge >= 0.3 is 0 Å². The zero-order valence-corrected chi connectivity index (χ0v) is 14.3. The summed E-state index contributed by atoms with van der Waals surface area (Å²) < 4.78 is 6.22. The Morgan fingerprint density at radius 2 is 2.14 bits per heavy atom. The van der Waals surface area contributed by atoms with Crippen molar-refractivity contribution < 1.29 is 4.74 Å². The van der Waals surface area contributed by atoms with Crippen molar-refractivity contribution in [3.63, 3.8) is 0 Å². The molecule has 2 fully saturated rings. The molecular formula is C18H29NOS. The number of rotatable bonds is 7. The molecular weight excluding hydrogens is 278 g/mol. The first-order valence-electron chi connectivity index (χ1n) is 8.67. The van der Waals surface area contributed by atoms with E-state index >= 15 is 0 Å². The summed E-state index contributed by atoms with van der Waals surface area (Å²) in [5, 5.41) is 3.60. The summed E-state index contributed by atoms with van der Waals surface area (Å²) in [5.41, 5.74) is 1.41. The van der Waals surface area contributed by atoms with Crippen molar-refractivity contribution in [2.75, 3.05) is 0 Å². The van der Waals surface area contributed by atoms with Crippen LogP contribution in [0, 0.1) is 12.8 Å². The molecule has 0 aliphatic heterocycles. The molecule has 1 aromatic heterocycles. The SMILES string of the molecule is CCC1CCCC(OCc2cc(CNC3CC3)sc2C)C1. The summed E-state index contributed by atoms with van der Waals surface area (Å²) >= 11 is 1.93. The molecule has 3 rings (SSSR count). The molecule has 2 aliphatic rings. The molecule has 2 aliphatic carbocycles. The van der Waals surface area contributed by atoms with Gasteiger partial charge in [0.2, 0.25) is 0 Å². The molecule has 0 radical (unpaired) electrons. The fraction of sp³-hybridized carbons (Fsp3) is 0.778. The molecule has 0 saturated heterocycles. The van der Waals surface area contributed by atoms with Crippen LogP contribution < -0.4 is 5.32 Å².